The van der Waals surface area contributed by atoms with Crippen LogP contribution in [0.25, 0.3) is 0 Å². The maximum absolute atomic E-state index is 11.5. The Hall–Kier alpha value is 0.152. The number of carbonyl (C=O) groups is 2. The van der Waals surface area contributed by atoms with Crippen molar-refractivity contribution < 1.29 is 83.6 Å². The number of ketones is 1. The zero-order chi connectivity index (χ0) is 10.6. The molecular weight excluding hydrogens is 313 g/mol. The van der Waals surface area contributed by atoms with Gasteiger partial charge in [-0.1, -0.05) is 36.4 Å². The molecule has 0 radical (unpaired) electrons. The molecule has 3 nitrogen and oxygen atoms in total. The van der Waals surface area contributed by atoms with Crippen molar-refractivity contribution in [3.8, 4) is 0 Å². The van der Waals surface area contributed by atoms with Crippen molar-refractivity contribution in [3.63, 3.8) is 0 Å². The minimum Gasteiger partial charge on any atom is -0.545 e. The fourth-order valence-electron chi connectivity index (χ4n) is 1.09. The SMILES string of the molecule is CC=C(C(=O)[O-])C(=O)c1ccccc1.[Cs+]. The van der Waals surface area contributed by atoms with Crippen LogP contribution in [-0.4, -0.2) is 11.8 Å². The molecule has 4 heteroatoms. The van der Waals surface area contributed by atoms with E-state index in [-0.39, 0.29) is 74.5 Å². The molecule has 72 valence electrons. The van der Waals surface area contributed by atoms with Crippen LogP contribution in [-0.2, 0) is 4.79 Å². The summed E-state index contributed by atoms with van der Waals surface area (Å²) in [7, 11) is 0. The number of hydrogen-bond acceptors (Lipinski definition) is 3. The second kappa shape index (κ2) is 7.43. The molecule has 0 fully saturated rings. The van der Waals surface area contributed by atoms with Gasteiger partial charge in [-0.05, 0) is 6.92 Å². The van der Waals surface area contributed by atoms with E-state index in [0.717, 1.165) is 0 Å². The Morgan fingerprint density at radius 2 is 1.73 bits per heavy atom. The van der Waals surface area contributed by atoms with Gasteiger partial charge in [0.1, 0.15) is 0 Å². The maximum Gasteiger partial charge on any atom is 1.00 e. The van der Waals surface area contributed by atoms with Gasteiger partial charge in [0.05, 0.1) is 5.97 Å². The van der Waals surface area contributed by atoms with Gasteiger partial charge in [-0.25, -0.2) is 0 Å². The first kappa shape index (κ1) is 15.2. The molecule has 0 amide bonds. The average molecular weight is 322 g/mol. The number of carboxylic acids is 1. The van der Waals surface area contributed by atoms with Gasteiger partial charge >= 0.3 is 68.9 Å². The zero-order valence-corrected chi connectivity index (χ0v) is 15.0. The van der Waals surface area contributed by atoms with E-state index in [1.54, 1.807) is 30.3 Å². The third-order valence-corrected chi connectivity index (χ3v) is 1.79. The minimum absolute atomic E-state index is 0. The van der Waals surface area contributed by atoms with Crippen molar-refractivity contribution in [1.82, 2.24) is 0 Å². The van der Waals surface area contributed by atoms with E-state index in [2.05, 4.69) is 0 Å². The van der Waals surface area contributed by atoms with Gasteiger partial charge in [-0.3, -0.25) is 4.79 Å². The standard InChI is InChI=1S/C11H10O3.Cs/c1-2-9(11(13)14)10(12)8-6-4-3-5-7-8;/h2-7H,1H3,(H,13,14);/q;+1/p-1. The van der Waals surface area contributed by atoms with Gasteiger partial charge in [0, 0.05) is 11.1 Å². The normalized spacial score (nSPS) is 10.3. The van der Waals surface area contributed by atoms with Crippen LogP contribution in [0.1, 0.15) is 17.3 Å². The van der Waals surface area contributed by atoms with E-state index in [0.29, 0.717) is 5.56 Å². The van der Waals surface area contributed by atoms with Crippen molar-refractivity contribution in [2.24, 2.45) is 0 Å². The predicted molar refractivity (Wildman–Crippen MR) is 49.5 cm³/mol. The summed E-state index contributed by atoms with van der Waals surface area (Å²) in [5.74, 6) is -1.96. The topological polar surface area (TPSA) is 57.2 Å². The smallest absolute Gasteiger partial charge is 0.545 e. The van der Waals surface area contributed by atoms with Crippen LogP contribution in [0.15, 0.2) is 42.0 Å². The Bertz CT molecular complexity index is 382. The van der Waals surface area contributed by atoms with Crippen LogP contribution in [0.4, 0.5) is 0 Å². The number of aliphatic carboxylic acids is 1. The number of Topliss-reactive ketones (excluding diaryl/α,β-unsaturated/α-hetero) is 1. The molecule has 0 aromatic heterocycles. The molecular formula is C11H9CsO3. The first-order valence-electron chi connectivity index (χ1n) is 4.14. The summed E-state index contributed by atoms with van der Waals surface area (Å²) in [5.41, 5.74) is 0.0426. The number of rotatable bonds is 3. The first-order valence-corrected chi connectivity index (χ1v) is 4.14. The number of allylic oxidation sites excluding steroid dienone is 1. The second-order valence-corrected chi connectivity index (χ2v) is 2.68. The Kier molecular flexibility index (Phi) is 7.50. The third kappa shape index (κ3) is 4.26. The molecule has 1 aromatic rings. The molecule has 0 atom stereocenters. The Morgan fingerprint density at radius 3 is 2.13 bits per heavy atom. The molecule has 0 aliphatic carbocycles. The predicted octanol–water partition coefficient (Wildman–Crippen LogP) is -2.43. The summed E-state index contributed by atoms with van der Waals surface area (Å²) in [6, 6.07) is 8.24. The molecule has 0 aliphatic rings. The van der Waals surface area contributed by atoms with Crippen LogP contribution in [0.2, 0.25) is 0 Å². The number of hydrogen-bond donors (Lipinski definition) is 0. The fraction of sp³-hybridized carbons (Fsp3) is 0.0909. The van der Waals surface area contributed by atoms with Gasteiger partial charge in [0.2, 0.25) is 0 Å². The zero-order valence-electron chi connectivity index (χ0n) is 8.69. The Morgan fingerprint density at radius 1 is 1.20 bits per heavy atom. The summed E-state index contributed by atoms with van der Waals surface area (Å²) in [5, 5.41) is 10.5. The molecule has 0 aliphatic heterocycles. The van der Waals surface area contributed by atoms with Gasteiger partial charge < -0.3 is 9.90 Å². The molecule has 0 spiro atoms. The molecule has 1 rings (SSSR count). The van der Waals surface area contributed by atoms with E-state index < -0.39 is 11.8 Å². The van der Waals surface area contributed by atoms with Crippen LogP contribution in [0.5, 0.6) is 0 Å². The second-order valence-electron chi connectivity index (χ2n) is 2.68. The van der Waals surface area contributed by atoms with Gasteiger partial charge in [-0.15, -0.1) is 0 Å². The molecule has 0 bridgehead atoms. The molecule has 1 aromatic carbocycles. The fourth-order valence-corrected chi connectivity index (χ4v) is 1.09. The van der Waals surface area contributed by atoms with Crippen molar-refractivity contribution in [2.45, 2.75) is 6.92 Å². The summed E-state index contributed by atoms with van der Waals surface area (Å²) < 4.78 is 0. The summed E-state index contributed by atoms with van der Waals surface area (Å²) in [4.78, 5) is 22.1. The number of carboxylic acid groups (broad SMARTS) is 1. The van der Waals surface area contributed by atoms with Gasteiger partial charge in [0.15, 0.2) is 5.78 Å². The quantitative estimate of drug-likeness (QED) is 0.269. The average Bonchev–Trinajstić information content (AvgIpc) is 2.19. The van der Waals surface area contributed by atoms with E-state index in [1.807, 2.05) is 0 Å². The van der Waals surface area contributed by atoms with Crippen molar-refractivity contribution in [2.75, 3.05) is 0 Å². The van der Waals surface area contributed by atoms with E-state index >= 15 is 0 Å². The van der Waals surface area contributed by atoms with E-state index in [4.69, 9.17) is 0 Å². The van der Waals surface area contributed by atoms with Crippen LogP contribution < -0.4 is 74.0 Å². The van der Waals surface area contributed by atoms with Crippen LogP contribution in [0, 0.1) is 0 Å². The van der Waals surface area contributed by atoms with E-state index in [1.165, 1.54) is 13.0 Å². The largest absolute Gasteiger partial charge is 1.00 e. The molecule has 0 saturated heterocycles. The molecule has 0 unspecified atom stereocenters. The first-order chi connectivity index (χ1) is 6.66. The van der Waals surface area contributed by atoms with Crippen LogP contribution in [0.3, 0.4) is 0 Å². The summed E-state index contributed by atoms with van der Waals surface area (Å²) in [6.07, 6.45) is 1.24. The molecule has 0 heterocycles. The van der Waals surface area contributed by atoms with Gasteiger partial charge in [0.25, 0.3) is 0 Å². The van der Waals surface area contributed by atoms with E-state index in [9.17, 15) is 14.7 Å². The monoisotopic (exact) mass is 322 g/mol. The van der Waals surface area contributed by atoms with Crippen LogP contribution >= 0.6 is 0 Å². The van der Waals surface area contributed by atoms with Crippen molar-refractivity contribution in [3.05, 3.63) is 47.5 Å². The van der Waals surface area contributed by atoms with Crippen molar-refractivity contribution in [1.29, 1.82) is 0 Å². The summed E-state index contributed by atoms with van der Waals surface area (Å²) in [6.45, 7) is 1.49. The molecule has 15 heavy (non-hydrogen) atoms. The molecule has 0 saturated carbocycles. The third-order valence-electron chi connectivity index (χ3n) is 1.79. The Labute approximate surface area is 147 Å². The van der Waals surface area contributed by atoms with Crippen molar-refractivity contribution >= 4 is 11.8 Å². The number of carbonyl (C=O) groups excluding carboxylic acids is 2. The number of benzene rings is 1. The Balaban J connectivity index is 0.00000196. The molecule has 0 N–H and O–H groups in total. The van der Waals surface area contributed by atoms with Gasteiger partial charge in [-0.2, -0.15) is 0 Å². The minimum atomic E-state index is -1.44. The summed E-state index contributed by atoms with van der Waals surface area (Å²) >= 11 is 0. The maximum atomic E-state index is 11.5.